The Hall–Kier alpha value is -0.820. The van der Waals surface area contributed by atoms with Crippen LogP contribution in [0.25, 0.3) is 0 Å². The van der Waals surface area contributed by atoms with Crippen LogP contribution in [0.15, 0.2) is 0 Å². The third-order valence-corrected chi connectivity index (χ3v) is 4.27. The quantitative estimate of drug-likeness (QED) is 0.818. The van der Waals surface area contributed by atoms with Crippen molar-refractivity contribution in [1.82, 2.24) is 5.32 Å². The van der Waals surface area contributed by atoms with Crippen LogP contribution in [0.4, 0.5) is 0 Å². The summed E-state index contributed by atoms with van der Waals surface area (Å²) in [6.07, 6.45) is 1.15. The van der Waals surface area contributed by atoms with Crippen LogP contribution < -0.4 is 5.32 Å². The van der Waals surface area contributed by atoms with Crippen LogP contribution in [-0.2, 0) is 0 Å². The number of hydrogen-bond donors (Lipinski definition) is 1. The first kappa shape index (κ1) is 14.2. The molecular formula is C16H27N. The Kier molecular flexibility index (Phi) is 4.76. The van der Waals surface area contributed by atoms with Crippen LogP contribution in [0.5, 0.6) is 0 Å². The lowest BCUT2D eigenvalue weighted by molar-refractivity contribution is 0.531. The molecule has 1 N–H and O–H groups in total. The lowest BCUT2D eigenvalue weighted by atomic mass is 9.85. The molecule has 0 aliphatic carbocycles. The summed E-state index contributed by atoms with van der Waals surface area (Å²) in [5.74, 6) is 0. The summed E-state index contributed by atoms with van der Waals surface area (Å²) >= 11 is 0. The van der Waals surface area contributed by atoms with Crippen molar-refractivity contribution >= 4 is 0 Å². The van der Waals surface area contributed by atoms with E-state index in [0.29, 0.717) is 6.04 Å². The van der Waals surface area contributed by atoms with Gasteiger partial charge < -0.3 is 5.32 Å². The van der Waals surface area contributed by atoms with Gasteiger partial charge in [0, 0.05) is 6.04 Å². The second kappa shape index (κ2) is 5.68. The Balaban J connectivity index is 3.41. The minimum absolute atomic E-state index is 0.498. The predicted octanol–water partition coefficient (Wildman–Crippen LogP) is 4.29. The van der Waals surface area contributed by atoms with E-state index in [-0.39, 0.29) is 0 Å². The highest BCUT2D eigenvalue weighted by molar-refractivity contribution is 5.50. The Morgan fingerprint density at radius 2 is 1.18 bits per heavy atom. The van der Waals surface area contributed by atoms with Crippen LogP contribution >= 0.6 is 0 Å². The van der Waals surface area contributed by atoms with Crippen LogP contribution in [0.1, 0.15) is 59.7 Å². The van der Waals surface area contributed by atoms with Crippen molar-refractivity contribution in [2.75, 3.05) is 6.54 Å². The average molecular weight is 233 g/mol. The second-order valence-electron chi connectivity index (χ2n) is 5.06. The first-order valence-corrected chi connectivity index (χ1v) is 6.75. The summed E-state index contributed by atoms with van der Waals surface area (Å²) in [6, 6.07) is 0.498. The van der Waals surface area contributed by atoms with Crippen molar-refractivity contribution in [3.05, 3.63) is 33.4 Å². The maximum absolute atomic E-state index is 3.60. The molecule has 0 spiro atoms. The van der Waals surface area contributed by atoms with Gasteiger partial charge in [-0.25, -0.2) is 0 Å². The standard InChI is InChI=1S/C16H27N/c1-8-15(17-9-2)16-13(6)11(4)10(3)12(5)14(16)7/h15,17H,8-9H2,1-7H3. The van der Waals surface area contributed by atoms with Crippen molar-refractivity contribution < 1.29 is 0 Å². The highest BCUT2D eigenvalue weighted by Crippen LogP contribution is 2.31. The molecule has 0 amide bonds. The lowest BCUT2D eigenvalue weighted by Gasteiger charge is -2.25. The fourth-order valence-electron chi connectivity index (χ4n) is 2.75. The molecule has 0 bridgehead atoms. The molecule has 0 fully saturated rings. The number of hydrogen-bond acceptors (Lipinski definition) is 1. The van der Waals surface area contributed by atoms with Crippen LogP contribution in [-0.4, -0.2) is 6.54 Å². The Morgan fingerprint density at radius 3 is 1.53 bits per heavy atom. The molecule has 1 aromatic carbocycles. The van der Waals surface area contributed by atoms with E-state index in [1.165, 1.54) is 33.4 Å². The first-order chi connectivity index (χ1) is 7.95. The molecule has 0 aromatic heterocycles. The summed E-state index contributed by atoms with van der Waals surface area (Å²) in [5, 5.41) is 3.60. The summed E-state index contributed by atoms with van der Waals surface area (Å²) < 4.78 is 0. The van der Waals surface area contributed by atoms with Gasteiger partial charge in [0.2, 0.25) is 0 Å². The van der Waals surface area contributed by atoms with E-state index in [9.17, 15) is 0 Å². The fraction of sp³-hybridized carbons (Fsp3) is 0.625. The zero-order valence-electron chi connectivity index (χ0n) is 12.5. The van der Waals surface area contributed by atoms with Gasteiger partial charge in [-0.1, -0.05) is 13.8 Å². The van der Waals surface area contributed by atoms with Gasteiger partial charge in [0.15, 0.2) is 0 Å². The number of benzene rings is 1. The number of rotatable bonds is 4. The van der Waals surface area contributed by atoms with Crippen molar-refractivity contribution in [3.63, 3.8) is 0 Å². The number of nitrogens with one attached hydrogen (secondary N) is 1. The molecule has 0 radical (unpaired) electrons. The maximum Gasteiger partial charge on any atom is 0.0322 e. The smallest absolute Gasteiger partial charge is 0.0322 e. The van der Waals surface area contributed by atoms with E-state index in [2.05, 4.69) is 53.8 Å². The molecule has 17 heavy (non-hydrogen) atoms. The Morgan fingerprint density at radius 1 is 0.765 bits per heavy atom. The van der Waals surface area contributed by atoms with Crippen LogP contribution in [0, 0.1) is 34.6 Å². The molecule has 0 heterocycles. The molecule has 1 unspecified atom stereocenters. The van der Waals surface area contributed by atoms with Crippen molar-refractivity contribution in [1.29, 1.82) is 0 Å². The van der Waals surface area contributed by atoms with Gasteiger partial charge in [-0.15, -0.1) is 0 Å². The summed E-state index contributed by atoms with van der Waals surface area (Å²) in [6.45, 7) is 16.7. The van der Waals surface area contributed by atoms with Gasteiger partial charge in [-0.2, -0.15) is 0 Å². The van der Waals surface area contributed by atoms with E-state index in [0.717, 1.165) is 13.0 Å². The highest BCUT2D eigenvalue weighted by atomic mass is 14.9. The Labute approximate surface area is 107 Å². The average Bonchev–Trinajstić information content (AvgIpc) is 2.33. The van der Waals surface area contributed by atoms with Crippen molar-refractivity contribution in [3.8, 4) is 0 Å². The van der Waals surface area contributed by atoms with E-state index in [1.807, 2.05) is 0 Å². The normalized spacial score (nSPS) is 12.9. The molecule has 0 aliphatic rings. The zero-order valence-corrected chi connectivity index (χ0v) is 12.5. The summed E-state index contributed by atoms with van der Waals surface area (Å²) in [4.78, 5) is 0. The van der Waals surface area contributed by atoms with E-state index >= 15 is 0 Å². The monoisotopic (exact) mass is 233 g/mol. The van der Waals surface area contributed by atoms with Gasteiger partial charge in [0.05, 0.1) is 0 Å². The maximum atomic E-state index is 3.60. The molecular weight excluding hydrogens is 206 g/mol. The fourth-order valence-corrected chi connectivity index (χ4v) is 2.75. The van der Waals surface area contributed by atoms with E-state index in [4.69, 9.17) is 0 Å². The van der Waals surface area contributed by atoms with E-state index in [1.54, 1.807) is 0 Å². The second-order valence-corrected chi connectivity index (χ2v) is 5.06. The third kappa shape index (κ3) is 2.55. The minimum atomic E-state index is 0.498. The topological polar surface area (TPSA) is 12.0 Å². The summed E-state index contributed by atoms with van der Waals surface area (Å²) in [5.41, 5.74) is 8.83. The third-order valence-electron chi connectivity index (χ3n) is 4.27. The largest absolute Gasteiger partial charge is 0.310 e. The molecule has 1 heteroatoms. The lowest BCUT2D eigenvalue weighted by Crippen LogP contribution is -2.23. The van der Waals surface area contributed by atoms with Gasteiger partial charge in [0.1, 0.15) is 0 Å². The van der Waals surface area contributed by atoms with E-state index < -0.39 is 0 Å². The molecule has 0 aliphatic heterocycles. The summed E-state index contributed by atoms with van der Waals surface area (Å²) in [7, 11) is 0. The van der Waals surface area contributed by atoms with Crippen molar-refractivity contribution in [2.45, 2.75) is 60.9 Å². The van der Waals surface area contributed by atoms with Crippen LogP contribution in [0.3, 0.4) is 0 Å². The molecule has 1 rings (SSSR count). The zero-order chi connectivity index (χ0) is 13.2. The Bertz CT molecular complexity index is 375. The van der Waals surface area contributed by atoms with Crippen LogP contribution in [0.2, 0.25) is 0 Å². The van der Waals surface area contributed by atoms with Gasteiger partial charge in [-0.05, 0) is 81.0 Å². The van der Waals surface area contributed by atoms with Gasteiger partial charge >= 0.3 is 0 Å². The molecule has 1 atom stereocenters. The molecule has 1 aromatic rings. The van der Waals surface area contributed by atoms with Gasteiger partial charge in [-0.3, -0.25) is 0 Å². The van der Waals surface area contributed by atoms with Crippen molar-refractivity contribution in [2.24, 2.45) is 0 Å². The molecule has 1 nitrogen and oxygen atoms in total. The first-order valence-electron chi connectivity index (χ1n) is 6.75. The molecule has 96 valence electrons. The molecule has 0 saturated carbocycles. The molecule has 0 saturated heterocycles. The van der Waals surface area contributed by atoms with Gasteiger partial charge in [0.25, 0.3) is 0 Å². The predicted molar refractivity (Wildman–Crippen MR) is 76.8 cm³/mol. The minimum Gasteiger partial charge on any atom is -0.310 e. The highest BCUT2D eigenvalue weighted by Gasteiger charge is 2.18. The SMILES string of the molecule is CCNC(CC)c1c(C)c(C)c(C)c(C)c1C.